The summed E-state index contributed by atoms with van der Waals surface area (Å²) in [6.07, 6.45) is 2.26. The zero-order valence-corrected chi connectivity index (χ0v) is 11.9. The second kappa shape index (κ2) is 3.61. The highest BCUT2D eigenvalue weighted by atomic mass is 16.6. The lowest BCUT2D eigenvalue weighted by Gasteiger charge is -2.42. The van der Waals surface area contributed by atoms with Crippen molar-refractivity contribution in [3.63, 3.8) is 0 Å². The number of hydrogen-bond donors (Lipinski definition) is 1. The molecule has 4 heteroatoms. The fourth-order valence-electron chi connectivity index (χ4n) is 3.98. The molecule has 3 aliphatic rings. The van der Waals surface area contributed by atoms with Gasteiger partial charge >= 0.3 is 5.97 Å². The second-order valence-corrected chi connectivity index (χ2v) is 6.87. The van der Waals surface area contributed by atoms with Crippen molar-refractivity contribution in [2.45, 2.75) is 56.8 Å². The van der Waals surface area contributed by atoms with Gasteiger partial charge in [0, 0.05) is 12.3 Å². The summed E-state index contributed by atoms with van der Waals surface area (Å²) >= 11 is 0. The van der Waals surface area contributed by atoms with Crippen LogP contribution >= 0.6 is 0 Å². The van der Waals surface area contributed by atoms with Crippen LogP contribution in [0.5, 0.6) is 0 Å². The van der Waals surface area contributed by atoms with E-state index < -0.39 is 22.8 Å². The summed E-state index contributed by atoms with van der Waals surface area (Å²) in [5.41, 5.74) is -2.10. The number of aliphatic hydroxyl groups is 1. The molecule has 1 aliphatic carbocycles. The van der Waals surface area contributed by atoms with E-state index in [1.165, 1.54) is 0 Å². The van der Waals surface area contributed by atoms with Gasteiger partial charge in [-0.1, -0.05) is 13.5 Å². The Bertz CT molecular complexity index is 455. The number of carbonyl (C=O) groups excluding carboxylic acids is 1. The van der Waals surface area contributed by atoms with E-state index in [1.807, 2.05) is 0 Å². The predicted octanol–water partition coefficient (Wildman–Crippen LogP) is 1.81. The van der Waals surface area contributed by atoms with E-state index in [0.717, 1.165) is 18.4 Å². The topological polar surface area (TPSA) is 55.8 Å². The molecule has 0 amide bonds. The van der Waals surface area contributed by atoms with Crippen LogP contribution in [0, 0.1) is 11.8 Å². The first-order chi connectivity index (χ1) is 8.73. The van der Waals surface area contributed by atoms with Gasteiger partial charge in [0.15, 0.2) is 5.60 Å². The van der Waals surface area contributed by atoms with Crippen LogP contribution in [0.2, 0.25) is 0 Å². The molecule has 1 spiro atoms. The van der Waals surface area contributed by atoms with Crippen molar-refractivity contribution >= 4 is 5.97 Å². The van der Waals surface area contributed by atoms with E-state index in [9.17, 15) is 9.90 Å². The zero-order valence-electron chi connectivity index (χ0n) is 11.9. The number of ether oxygens (including phenoxy) is 2. The number of carbonyl (C=O) groups is 1. The van der Waals surface area contributed by atoms with E-state index in [0.29, 0.717) is 13.0 Å². The second-order valence-electron chi connectivity index (χ2n) is 6.87. The Hall–Kier alpha value is -0.870. The van der Waals surface area contributed by atoms with E-state index in [4.69, 9.17) is 9.47 Å². The highest BCUT2D eigenvalue weighted by Crippen LogP contribution is 2.57. The number of fused-ring (bicyclic) bond motifs is 1. The average Bonchev–Trinajstić information content (AvgIpc) is 2.77. The van der Waals surface area contributed by atoms with E-state index >= 15 is 0 Å². The molecule has 0 radical (unpaired) electrons. The lowest BCUT2D eigenvalue weighted by molar-refractivity contribution is -0.184. The van der Waals surface area contributed by atoms with Crippen LogP contribution in [-0.4, -0.2) is 34.5 Å². The lowest BCUT2D eigenvalue weighted by Crippen LogP contribution is -2.57. The van der Waals surface area contributed by atoms with Gasteiger partial charge in [0.2, 0.25) is 0 Å². The minimum atomic E-state index is -1.55. The van der Waals surface area contributed by atoms with Gasteiger partial charge in [-0.2, -0.15) is 0 Å². The average molecular weight is 266 g/mol. The quantitative estimate of drug-likeness (QED) is 0.536. The molecular formula is C15H22O4. The maximum absolute atomic E-state index is 12.3. The molecule has 4 nitrogen and oxygen atoms in total. The van der Waals surface area contributed by atoms with Gasteiger partial charge in [0.05, 0.1) is 6.61 Å². The van der Waals surface area contributed by atoms with Crippen LogP contribution in [0.4, 0.5) is 0 Å². The van der Waals surface area contributed by atoms with Crippen LogP contribution < -0.4 is 0 Å². The molecule has 2 bridgehead atoms. The molecule has 3 fully saturated rings. The van der Waals surface area contributed by atoms with E-state index in [1.54, 1.807) is 13.8 Å². The Morgan fingerprint density at radius 3 is 2.74 bits per heavy atom. The number of esters is 1. The molecule has 1 N–H and O–H groups in total. The van der Waals surface area contributed by atoms with Gasteiger partial charge in [-0.3, -0.25) is 0 Å². The van der Waals surface area contributed by atoms with Crippen molar-refractivity contribution in [2.24, 2.45) is 11.8 Å². The molecule has 0 aromatic carbocycles. The van der Waals surface area contributed by atoms with Crippen LogP contribution in [0.3, 0.4) is 0 Å². The predicted molar refractivity (Wildman–Crippen MR) is 69.4 cm³/mol. The molecular weight excluding hydrogens is 244 g/mol. The normalized spacial score (nSPS) is 48.4. The Kier molecular flexibility index (Phi) is 2.50. The first kappa shape index (κ1) is 13.1. The molecule has 3 rings (SSSR count). The summed E-state index contributed by atoms with van der Waals surface area (Å²) in [7, 11) is 0. The van der Waals surface area contributed by atoms with Crippen LogP contribution in [0.15, 0.2) is 12.2 Å². The molecule has 0 unspecified atom stereocenters. The molecule has 2 aliphatic heterocycles. The highest BCUT2D eigenvalue weighted by Gasteiger charge is 2.69. The fourth-order valence-corrected chi connectivity index (χ4v) is 3.98. The zero-order chi connectivity index (χ0) is 14.1. The molecule has 1 saturated carbocycles. The third-order valence-electron chi connectivity index (χ3n) is 5.57. The summed E-state index contributed by atoms with van der Waals surface area (Å²) in [5.74, 6) is -0.177. The Labute approximate surface area is 113 Å². The van der Waals surface area contributed by atoms with E-state index in [2.05, 4.69) is 13.5 Å². The van der Waals surface area contributed by atoms with Crippen molar-refractivity contribution in [2.75, 3.05) is 6.61 Å². The lowest BCUT2D eigenvalue weighted by atomic mass is 9.71. The monoisotopic (exact) mass is 266 g/mol. The molecule has 4 atom stereocenters. The maximum Gasteiger partial charge on any atom is 0.341 e. The molecule has 19 heavy (non-hydrogen) atoms. The Morgan fingerprint density at radius 2 is 2.05 bits per heavy atom. The molecule has 0 aromatic rings. The van der Waals surface area contributed by atoms with Gasteiger partial charge in [0.1, 0.15) is 11.2 Å². The largest absolute Gasteiger partial charge is 0.456 e. The smallest absolute Gasteiger partial charge is 0.341 e. The van der Waals surface area contributed by atoms with Gasteiger partial charge in [-0.25, -0.2) is 4.79 Å². The van der Waals surface area contributed by atoms with Gasteiger partial charge in [-0.15, -0.1) is 0 Å². The SMILES string of the molecule is C=C1COC(C)(C)[C@]2(O)C[C@]3(OC2=O)[C@@H](C)CC[C@@H]13. The van der Waals surface area contributed by atoms with Crippen LogP contribution in [-0.2, 0) is 14.3 Å². The van der Waals surface area contributed by atoms with Crippen molar-refractivity contribution in [3.8, 4) is 0 Å². The van der Waals surface area contributed by atoms with Crippen LogP contribution in [0.1, 0.15) is 40.0 Å². The molecule has 106 valence electrons. The summed E-state index contributed by atoms with van der Waals surface area (Å²) in [6.45, 7) is 10.1. The summed E-state index contributed by atoms with van der Waals surface area (Å²) in [6, 6.07) is 0. The fraction of sp³-hybridized carbons (Fsp3) is 0.800. The third-order valence-corrected chi connectivity index (χ3v) is 5.57. The minimum Gasteiger partial charge on any atom is -0.456 e. The maximum atomic E-state index is 12.3. The summed E-state index contributed by atoms with van der Waals surface area (Å²) in [5, 5.41) is 10.8. The first-order valence-corrected chi connectivity index (χ1v) is 7.00. The van der Waals surface area contributed by atoms with Crippen molar-refractivity contribution in [1.29, 1.82) is 0 Å². The first-order valence-electron chi connectivity index (χ1n) is 7.00. The highest BCUT2D eigenvalue weighted by molar-refractivity contribution is 5.84. The molecule has 2 saturated heterocycles. The van der Waals surface area contributed by atoms with Crippen LogP contribution in [0.25, 0.3) is 0 Å². The Morgan fingerprint density at radius 1 is 1.37 bits per heavy atom. The van der Waals surface area contributed by atoms with Gasteiger partial charge in [0.25, 0.3) is 0 Å². The summed E-state index contributed by atoms with van der Waals surface area (Å²) in [4.78, 5) is 12.3. The Balaban J connectivity index is 2.13. The molecule has 0 aromatic heterocycles. The van der Waals surface area contributed by atoms with Crippen molar-refractivity contribution in [1.82, 2.24) is 0 Å². The number of hydrogen-bond acceptors (Lipinski definition) is 4. The minimum absolute atomic E-state index is 0.108. The number of rotatable bonds is 0. The van der Waals surface area contributed by atoms with Gasteiger partial charge < -0.3 is 14.6 Å². The van der Waals surface area contributed by atoms with Gasteiger partial charge in [-0.05, 0) is 38.2 Å². The standard InChI is InChI=1S/C15H22O4/c1-9-7-18-13(3,4)15(17)8-14(19-12(15)16)10(2)5-6-11(9)14/h10-11,17H,1,5-8H2,2-4H3/t10-,11-,14-,15-/m0/s1. The summed E-state index contributed by atoms with van der Waals surface area (Å²) < 4.78 is 11.5. The van der Waals surface area contributed by atoms with E-state index in [-0.39, 0.29) is 11.8 Å². The van der Waals surface area contributed by atoms with Crippen molar-refractivity contribution in [3.05, 3.63) is 12.2 Å². The third kappa shape index (κ3) is 1.44. The molecule has 2 heterocycles. The van der Waals surface area contributed by atoms with Crippen molar-refractivity contribution < 1.29 is 19.4 Å².